The molecule has 0 aromatic heterocycles. The average Bonchev–Trinajstić information content (AvgIpc) is 2.72. The number of carbonyl (C=O) groups is 2. The summed E-state index contributed by atoms with van der Waals surface area (Å²) in [6.07, 6.45) is -0.147. The highest BCUT2D eigenvalue weighted by atomic mass is 16.3. The fraction of sp³-hybridized carbons (Fsp3) is 0.200. The largest absolute Gasteiger partial charge is 0.507 e. The van der Waals surface area contributed by atoms with Crippen LogP contribution in [0.15, 0.2) is 54.1 Å². The molecule has 0 spiro atoms. The molecular formula is C20H20N2O3. The summed E-state index contributed by atoms with van der Waals surface area (Å²) >= 11 is 0. The number of anilines is 1. The molecule has 0 aliphatic carbocycles. The minimum absolute atomic E-state index is 0.0895. The molecule has 25 heavy (non-hydrogen) atoms. The third-order valence-electron chi connectivity index (χ3n) is 4.29. The number of fused-ring (bicyclic) bond motifs is 1. The van der Waals surface area contributed by atoms with Crippen molar-refractivity contribution in [2.75, 3.05) is 11.9 Å². The minimum atomic E-state index is -0.446. The van der Waals surface area contributed by atoms with Gasteiger partial charge in [0.05, 0.1) is 24.2 Å². The summed E-state index contributed by atoms with van der Waals surface area (Å²) in [7, 11) is 1.48. The van der Waals surface area contributed by atoms with Gasteiger partial charge in [-0.1, -0.05) is 42.0 Å². The number of aliphatic hydroxyl groups excluding tert-OH is 1. The van der Waals surface area contributed by atoms with Gasteiger partial charge in [0.15, 0.2) is 0 Å². The summed E-state index contributed by atoms with van der Waals surface area (Å²) in [6.45, 7) is 2.38. The van der Waals surface area contributed by atoms with Crippen molar-refractivity contribution >= 4 is 23.3 Å². The Bertz CT molecular complexity index is 871. The van der Waals surface area contributed by atoms with E-state index in [0.29, 0.717) is 17.8 Å². The minimum Gasteiger partial charge on any atom is -0.507 e. The second kappa shape index (κ2) is 6.81. The van der Waals surface area contributed by atoms with Crippen molar-refractivity contribution in [1.29, 1.82) is 0 Å². The van der Waals surface area contributed by atoms with Crippen LogP contribution in [-0.4, -0.2) is 24.0 Å². The highest BCUT2D eigenvalue weighted by Crippen LogP contribution is 2.34. The Morgan fingerprint density at radius 3 is 2.68 bits per heavy atom. The maximum atomic E-state index is 12.8. The number of aryl methyl sites for hydroxylation is 1. The molecule has 1 aliphatic heterocycles. The number of hydrogen-bond donors (Lipinski definition) is 2. The van der Waals surface area contributed by atoms with Gasteiger partial charge in [0, 0.05) is 12.6 Å². The van der Waals surface area contributed by atoms with Gasteiger partial charge in [-0.2, -0.15) is 0 Å². The molecule has 2 amide bonds. The molecule has 5 heteroatoms. The van der Waals surface area contributed by atoms with Gasteiger partial charge in [-0.15, -0.1) is 0 Å². The van der Waals surface area contributed by atoms with Crippen molar-refractivity contribution in [3.63, 3.8) is 0 Å². The molecule has 2 aromatic rings. The van der Waals surface area contributed by atoms with Gasteiger partial charge >= 0.3 is 0 Å². The first kappa shape index (κ1) is 16.8. The zero-order valence-corrected chi connectivity index (χ0v) is 14.2. The molecule has 5 nitrogen and oxygen atoms in total. The van der Waals surface area contributed by atoms with Crippen LogP contribution in [0.25, 0.3) is 5.76 Å². The van der Waals surface area contributed by atoms with Gasteiger partial charge in [-0.25, -0.2) is 0 Å². The second-order valence-corrected chi connectivity index (χ2v) is 6.07. The zero-order chi connectivity index (χ0) is 18.0. The first-order valence-corrected chi connectivity index (χ1v) is 8.10. The number of benzene rings is 2. The molecule has 3 rings (SSSR count). The molecule has 0 atom stereocenters. The molecule has 0 radical (unpaired) electrons. The monoisotopic (exact) mass is 336 g/mol. The average molecular weight is 336 g/mol. The molecule has 2 aromatic carbocycles. The lowest BCUT2D eigenvalue weighted by Gasteiger charge is -2.23. The maximum absolute atomic E-state index is 12.8. The third-order valence-corrected chi connectivity index (χ3v) is 4.29. The fourth-order valence-electron chi connectivity index (χ4n) is 3.04. The Labute approximate surface area is 146 Å². The molecule has 0 unspecified atom stereocenters. The van der Waals surface area contributed by atoms with Gasteiger partial charge in [0.2, 0.25) is 5.91 Å². The number of nitrogens with one attached hydrogen (secondary N) is 1. The third kappa shape index (κ3) is 3.26. The number of para-hydroxylation sites is 1. The summed E-state index contributed by atoms with van der Waals surface area (Å²) in [4.78, 5) is 26.6. The van der Waals surface area contributed by atoms with Crippen LogP contribution in [0, 0.1) is 6.92 Å². The van der Waals surface area contributed by atoms with Crippen molar-refractivity contribution in [2.45, 2.75) is 19.9 Å². The molecular weight excluding hydrogens is 316 g/mol. The lowest BCUT2D eigenvalue weighted by Crippen LogP contribution is -2.31. The van der Waals surface area contributed by atoms with Crippen LogP contribution in [0.4, 0.5) is 5.69 Å². The highest BCUT2D eigenvalue weighted by Gasteiger charge is 2.30. The summed E-state index contributed by atoms with van der Waals surface area (Å²) in [6, 6.07) is 15.0. The van der Waals surface area contributed by atoms with Crippen LogP contribution in [-0.2, 0) is 16.1 Å². The number of aliphatic hydroxyl groups is 1. The standard InChI is InChI=1S/C20H20N2O3/c1-13-6-5-7-14(10-13)12-22-17-9-4-3-8-15(17)19(24)16(11-18(22)23)20(25)21-2/h3-10,24H,11-12H2,1-2H3,(H,21,25). The number of nitrogens with zero attached hydrogens (tertiary/aromatic N) is 1. The molecule has 0 saturated carbocycles. The lowest BCUT2D eigenvalue weighted by atomic mass is 10.1. The van der Waals surface area contributed by atoms with E-state index in [9.17, 15) is 14.7 Å². The van der Waals surface area contributed by atoms with E-state index < -0.39 is 5.91 Å². The predicted octanol–water partition coefficient (Wildman–Crippen LogP) is 2.95. The summed E-state index contributed by atoms with van der Waals surface area (Å²) in [5, 5.41) is 13.1. The Kier molecular flexibility index (Phi) is 4.57. The molecule has 1 heterocycles. The van der Waals surface area contributed by atoms with E-state index in [2.05, 4.69) is 5.32 Å². The van der Waals surface area contributed by atoms with E-state index in [1.807, 2.05) is 37.3 Å². The fourth-order valence-corrected chi connectivity index (χ4v) is 3.04. The van der Waals surface area contributed by atoms with Crippen molar-refractivity contribution < 1.29 is 14.7 Å². The van der Waals surface area contributed by atoms with Crippen molar-refractivity contribution in [3.05, 3.63) is 70.8 Å². The number of likely N-dealkylation sites (N-methyl/N-ethyl adjacent to an activating group) is 1. The summed E-state index contributed by atoms with van der Waals surface area (Å²) < 4.78 is 0. The van der Waals surface area contributed by atoms with Crippen molar-refractivity contribution in [2.24, 2.45) is 0 Å². The van der Waals surface area contributed by atoms with Gasteiger partial charge in [-0.05, 0) is 24.6 Å². The smallest absolute Gasteiger partial charge is 0.251 e. The van der Waals surface area contributed by atoms with E-state index >= 15 is 0 Å². The van der Waals surface area contributed by atoms with Gasteiger partial charge in [0.25, 0.3) is 5.91 Å². The summed E-state index contributed by atoms with van der Waals surface area (Å²) in [5.74, 6) is -0.815. The van der Waals surface area contributed by atoms with Crippen LogP contribution < -0.4 is 10.2 Å². The quantitative estimate of drug-likeness (QED) is 0.905. The van der Waals surface area contributed by atoms with Crippen molar-refractivity contribution in [3.8, 4) is 0 Å². The molecule has 0 bridgehead atoms. The highest BCUT2D eigenvalue weighted by molar-refractivity contribution is 6.10. The van der Waals surface area contributed by atoms with Gasteiger partial charge in [0.1, 0.15) is 5.76 Å². The second-order valence-electron chi connectivity index (χ2n) is 6.07. The Hall–Kier alpha value is -3.08. The SMILES string of the molecule is CNC(=O)C1=C(O)c2ccccc2N(Cc2cccc(C)c2)C(=O)C1. The van der Waals surface area contributed by atoms with Crippen LogP contribution in [0.3, 0.4) is 0 Å². The van der Waals surface area contributed by atoms with Gasteiger partial charge in [-0.3, -0.25) is 9.59 Å². The first-order valence-electron chi connectivity index (χ1n) is 8.10. The van der Waals surface area contributed by atoms with Crippen LogP contribution in [0.5, 0.6) is 0 Å². The van der Waals surface area contributed by atoms with Crippen LogP contribution >= 0.6 is 0 Å². The van der Waals surface area contributed by atoms with E-state index in [0.717, 1.165) is 11.1 Å². The van der Waals surface area contributed by atoms with Crippen LogP contribution in [0.2, 0.25) is 0 Å². The van der Waals surface area contributed by atoms with E-state index in [1.165, 1.54) is 7.05 Å². The van der Waals surface area contributed by atoms with E-state index in [-0.39, 0.29) is 23.7 Å². The molecule has 128 valence electrons. The predicted molar refractivity (Wildman–Crippen MR) is 97.0 cm³/mol. The Morgan fingerprint density at radius 1 is 1.20 bits per heavy atom. The molecule has 1 aliphatic rings. The van der Waals surface area contributed by atoms with Crippen molar-refractivity contribution in [1.82, 2.24) is 5.32 Å². The van der Waals surface area contributed by atoms with Crippen LogP contribution in [0.1, 0.15) is 23.1 Å². The zero-order valence-electron chi connectivity index (χ0n) is 14.2. The van der Waals surface area contributed by atoms with Gasteiger partial charge < -0.3 is 15.3 Å². The molecule has 0 saturated heterocycles. The number of amides is 2. The lowest BCUT2D eigenvalue weighted by molar-refractivity contribution is -0.121. The first-order chi connectivity index (χ1) is 12.0. The number of rotatable bonds is 3. The maximum Gasteiger partial charge on any atom is 0.251 e. The topological polar surface area (TPSA) is 69.6 Å². The Balaban J connectivity index is 2.07. The molecule has 2 N–H and O–H groups in total. The summed E-state index contributed by atoms with van der Waals surface area (Å²) in [5.41, 5.74) is 3.28. The number of carbonyl (C=O) groups excluding carboxylic acids is 2. The van der Waals surface area contributed by atoms with E-state index in [1.54, 1.807) is 23.1 Å². The number of hydrogen-bond acceptors (Lipinski definition) is 3. The van der Waals surface area contributed by atoms with E-state index in [4.69, 9.17) is 0 Å². The normalized spacial score (nSPS) is 14.2. The Morgan fingerprint density at radius 2 is 1.96 bits per heavy atom. The molecule has 0 fully saturated rings.